The molecule has 4 aromatic rings. The van der Waals surface area contributed by atoms with Crippen molar-refractivity contribution in [1.82, 2.24) is 20.2 Å². The van der Waals surface area contributed by atoms with Gasteiger partial charge in [-0.25, -0.2) is 32.3 Å². The Morgan fingerprint density at radius 2 is 1.38 bits per heavy atom. The molecule has 1 saturated heterocycles. The first kappa shape index (κ1) is 81.3. The number of phosphoric acid groups is 2. The minimum Gasteiger partial charge on any atom is -0.478 e. The average Bonchev–Trinajstić information content (AvgIpc) is 0.767. The lowest BCUT2D eigenvalue weighted by molar-refractivity contribution is -0.590. The molecule has 100 heavy (non-hydrogen) atoms. The van der Waals surface area contributed by atoms with Gasteiger partial charge in [-0.15, -0.1) is 11.8 Å². The number of nitrogens with zero attached hydrogens (tertiary/aromatic N) is 1. The highest BCUT2D eigenvalue weighted by Crippen LogP contribution is 2.70. The molecule has 2 amide bonds. The van der Waals surface area contributed by atoms with E-state index >= 15 is 0 Å². The van der Waals surface area contributed by atoms with Crippen molar-refractivity contribution in [2.75, 3.05) is 43.3 Å². The van der Waals surface area contributed by atoms with Crippen LogP contribution >= 0.6 is 77.4 Å². The molecule has 4 aliphatic heterocycles. The molecule has 0 bridgehead atoms. The van der Waals surface area contributed by atoms with E-state index < -0.39 is 177 Å². The number of aromatic nitrogens is 2. The third kappa shape index (κ3) is 19.7. The number of rotatable bonds is 31. The quantitative estimate of drug-likeness (QED) is 0.00748. The number of ether oxygens (including phenoxy) is 2. The number of nitrogens with one attached hydrogen (secondary N) is 5. The molecule has 43 heteroatoms. The van der Waals surface area contributed by atoms with E-state index in [1.54, 1.807) is 27.7 Å². The minimum atomic E-state index is -5.64. The summed E-state index contributed by atoms with van der Waals surface area (Å²) in [4.78, 5) is 107. The highest BCUT2D eigenvalue weighted by Gasteiger charge is 2.48. The molecule has 0 aliphatic carbocycles. The highest BCUT2D eigenvalue weighted by molar-refractivity contribution is 8.00. The Morgan fingerprint density at radius 1 is 0.790 bits per heavy atom. The summed E-state index contributed by atoms with van der Waals surface area (Å²) in [7, 11) is -32.9. The third-order valence-electron chi connectivity index (χ3n) is 16.4. The predicted octanol–water partition coefficient (Wildman–Crippen LogP) is 6.42. The van der Waals surface area contributed by atoms with Gasteiger partial charge in [0.15, 0.2) is 27.8 Å². The number of benzene rings is 3. The number of aromatic amines is 1. The summed E-state index contributed by atoms with van der Waals surface area (Å²) in [5.41, 5.74) is -3.85. The van der Waals surface area contributed by atoms with Crippen LogP contribution in [-0.4, -0.2) is 144 Å². The van der Waals surface area contributed by atoms with Gasteiger partial charge < -0.3 is 55.2 Å². The molecular weight excluding hydrogens is 1530 g/mol. The highest BCUT2D eigenvalue weighted by atomic mass is 35.5. The fraction of sp³-hybridized carbons (Fsp3) is 0.544. The summed E-state index contributed by atoms with van der Waals surface area (Å²) in [6.07, 6.45) is 0.634. The summed E-state index contributed by atoms with van der Waals surface area (Å²) in [5.74, 6) is -6.98. The first-order valence-electron chi connectivity index (χ1n) is 30.9. The molecule has 3 aromatic carbocycles. The zero-order valence-electron chi connectivity index (χ0n) is 54.6. The van der Waals surface area contributed by atoms with Crippen molar-refractivity contribution in [3.05, 3.63) is 98.2 Å². The zero-order chi connectivity index (χ0) is 74.4. The molecule has 554 valence electrons. The first-order valence-corrected chi connectivity index (χ1v) is 42.4. The maximum atomic E-state index is 13.8. The van der Waals surface area contributed by atoms with Crippen LogP contribution in [0.5, 0.6) is 11.5 Å². The van der Waals surface area contributed by atoms with Crippen molar-refractivity contribution >= 4 is 127 Å². The summed E-state index contributed by atoms with van der Waals surface area (Å²) >= 11 is 21.8. The fourth-order valence-corrected chi connectivity index (χ4v) is 22.8. The molecular formula is C57H76Cl3N6O27P4S3+. The number of unbranched alkanes of at least 4 members (excludes halogenated alkanes) is 5. The Kier molecular flexibility index (Phi) is 25.5. The normalized spacial score (nSPS) is 21.6. The van der Waals surface area contributed by atoms with E-state index in [-0.39, 0.29) is 86.9 Å². The number of H-pyrrole nitrogens is 1. The van der Waals surface area contributed by atoms with Crippen molar-refractivity contribution < 1.29 is 121 Å². The van der Waals surface area contributed by atoms with Crippen LogP contribution in [0.2, 0.25) is 15.1 Å². The molecule has 8 rings (SSSR count). The second kappa shape index (κ2) is 31.3. The van der Waals surface area contributed by atoms with Gasteiger partial charge in [-0.2, -0.15) is 16.8 Å². The van der Waals surface area contributed by atoms with Crippen molar-refractivity contribution in [2.45, 2.75) is 175 Å². The molecule has 1 fully saturated rings. The Hall–Kier alpha value is -4.42. The summed E-state index contributed by atoms with van der Waals surface area (Å²) < 4.78 is 158. The van der Waals surface area contributed by atoms with Crippen LogP contribution in [0, 0.1) is 6.92 Å². The topological polar surface area (TPSA) is 510 Å². The van der Waals surface area contributed by atoms with Crippen LogP contribution in [0.15, 0.2) is 42.6 Å². The molecule has 0 spiro atoms. The molecule has 33 nitrogen and oxygen atoms in total. The number of aliphatic hydroxyl groups excluding tert-OH is 1. The van der Waals surface area contributed by atoms with Crippen LogP contribution in [0.25, 0.3) is 5.57 Å². The molecule has 0 saturated carbocycles. The van der Waals surface area contributed by atoms with Crippen molar-refractivity contribution in [1.29, 1.82) is 0 Å². The molecule has 9 atom stereocenters. The van der Waals surface area contributed by atoms with Crippen LogP contribution in [0.4, 0.5) is 5.69 Å². The van der Waals surface area contributed by atoms with Crippen molar-refractivity contribution in [3.8, 4) is 11.5 Å². The number of carboxylic acid groups (broad SMARTS) is 1. The Labute approximate surface area is 591 Å². The number of amides is 2. The van der Waals surface area contributed by atoms with Gasteiger partial charge in [-0.1, -0.05) is 67.9 Å². The first-order chi connectivity index (χ1) is 46.1. The number of aromatic carboxylic acids is 1. The maximum absolute atomic E-state index is 13.8. The number of hydrogen-bond acceptors (Lipinski definition) is 22. The predicted molar refractivity (Wildman–Crippen MR) is 362 cm³/mol. The van der Waals surface area contributed by atoms with E-state index in [4.69, 9.17) is 48.8 Å². The number of halogens is 3. The van der Waals surface area contributed by atoms with Crippen LogP contribution in [0.1, 0.15) is 168 Å². The van der Waals surface area contributed by atoms with Gasteiger partial charge in [-0.05, 0) is 96.3 Å². The van der Waals surface area contributed by atoms with Gasteiger partial charge in [0.2, 0.25) is 22.1 Å². The molecule has 7 unspecified atom stereocenters. The third-order valence-corrected chi connectivity index (χ3v) is 28.3. The Morgan fingerprint density at radius 3 is 2.00 bits per heavy atom. The monoisotopic (exact) mass is 1600 g/mol. The number of phosphoric ester groups is 2. The average molecular weight is 1600 g/mol. The zero-order valence-corrected chi connectivity index (χ0v) is 62.9. The lowest BCUT2D eigenvalue weighted by Gasteiger charge is -2.39. The van der Waals surface area contributed by atoms with E-state index in [1.807, 2.05) is 18.8 Å². The van der Waals surface area contributed by atoms with E-state index in [0.29, 0.717) is 62.5 Å². The second-order valence-corrected chi connectivity index (χ2v) is 38.1. The molecule has 13 N–H and O–H groups in total. The van der Waals surface area contributed by atoms with Gasteiger partial charge in [-0.3, -0.25) is 51.2 Å². The summed E-state index contributed by atoms with van der Waals surface area (Å²) in [6, 6.07) is 3.05. The lowest BCUT2D eigenvalue weighted by atomic mass is 9.79. The van der Waals surface area contributed by atoms with E-state index in [1.165, 1.54) is 19.1 Å². The number of aryl methyl sites for hydroxylation is 1. The number of aliphatic hydroxyl groups is 1. The van der Waals surface area contributed by atoms with Crippen molar-refractivity contribution in [2.24, 2.45) is 0 Å². The van der Waals surface area contributed by atoms with Crippen LogP contribution < -0.4 is 47.5 Å². The number of anilines is 1. The summed E-state index contributed by atoms with van der Waals surface area (Å²) in [6.45, 7) is 11.1. The number of hydrogen-bond donors (Lipinski definition) is 13. The molecule has 5 heterocycles. The summed E-state index contributed by atoms with van der Waals surface area (Å²) in [5, 5.41) is 28.5. The molecule has 1 aromatic heterocycles. The minimum absolute atomic E-state index is 0.0766. The fourth-order valence-electron chi connectivity index (χ4n) is 12.4. The SMILES string of the molecule is Cc1cn([C@H]2CC(O)[C@@H](COP(=O)(O)OP(=O)(O)CP(=O)(O)OP(=O)(O)OCCCCCCNC(=O)CCCCCNC(=O)CSc3c(Cl)c(Cl)c(C(=O)O)c(C4=c5cc6c(c(S(=O)(=O)O)c5Oc5c4cc4c(c5S(=O)(=O)O)NC(C)(C)CC4C)=[NH+]C(C)(C)CC6C)c3Cl)O2)c(=O)[nH]c1=O. The number of carbonyl (C=O) groups is 3. The van der Waals surface area contributed by atoms with Gasteiger partial charge in [0.25, 0.3) is 15.7 Å². The maximum Gasteiger partial charge on any atom is 0.479 e. The van der Waals surface area contributed by atoms with E-state index in [2.05, 4.69) is 34.1 Å². The molecule has 4 aliphatic rings. The lowest BCUT2D eigenvalue weighted by Crippen LogP contribution is -2.91. The number of carboxylic acids is 1. The van der Waals surface area contributed by atoms with Gasteiger partial charge in [0.05, 0.1) is 51.4 Å². The van der Waals surface area contributed by atoms with Crippen LogP contribution in [-0.2, 0) is 70.5 Å². The van der Waals surface area contributed by atoms with E-state index in [0.717, 1.165) is 22.5 Å². The van der Waals surface area contributed by atoms with Gasteiger partial charge in [0.1, 0.15) is 12.3 Å². The number of fused-ring (bicyclic) bond motifs is 4. The number of thioether (sulfide) groups is 1. The van der Waals surface area contributed by atoms with Crippen molar-refractivity contribution in [3.63, 3.8) is 0 Å². The van der Waals surface area contributed by atoms with Gasteiger partial charge in [0, 0.05) is 82.0 Å². The Balaban J connectivity index is 0.812. The van der Waals surface area contributed by atoms with E-state index in [9.17, 15) is 98.0 Å². The Bertz CT molecular complexity index is 4660. The van der Waals surface area contributed by atoms with Gasteiger partial charge >= 0.3 is 52.6 Å². The smallest absolute Gasteiger partial charge is 0.478 e. The second-order valence-electron chi connectivity index (χ2n) is 25.8. The largest absolute Gasteiger partial charge is 0.479 e. The number of carbonyl (C=O) groups excluding carboxylic acids is 2. The standard InChI is InChI=1S/C57H75Cl3N6O27P4S3/c1-28-22-56(4,5)64-46-31(28)19-33-40(34-20-32-29(2)23-57(6,7)65-47(32)52(100(85,86)87)49(34)91-48(33)51(46)99(82,83)84)41-42(54(71)72)43(58)45(60)50(44(41)59)98-26-38(69)62-17-13-10-11-15-37(68)61-16-12-8-9-14-18-88-96(78,79)92-94(74,75)27-95(76,77)93-97(80,81)89-25-36-35(67)21-39(90-36)66-24-30(3)53(70)63-55(66)73/h19-20,24,28-29,35-36,39,64,67H,8-18,21-23,25-27H2,1-7H3,(H,61,68)(H,62,69)(H,71,72)(H,74,75)(H,76,77)(H,78,79)(H,80,81)(H,63,70,73)(H,82,83,84)(H,85,86,87)/p+1/t28?,29?,35?,36-,39-/m1/s1. The molecule has 0 radical (unpaired) electrons. The van der Waals surface area contributed by atoms with Crippen LogP contribution in [0.3, 0.4) is 0 Å².